The van der Waals surface area contributed by atoms with Gasteiger partial charge in [-0.1, -0.05) is 12.1 Å². The van der Waals surface area contributed by atoms with Crippen LogP contribution in [0.2, 0.25) is 0 Å². The molecule has 8 nitrogen and oxygen atoms in total. The van der Waals surface area contributed by atoms with Crippen molar-refractivity contribution in [2.45, 2.75) is 32.2 Å². The molecule has 2 amide bonds. The third-order valence-electron chi connectivity index (χ3n) is 5.39. The lowest BCUT2D eigenvalue weighted by atomic mass is 10.1. The Kier molecular flexibility index (Phi) is 5.69. The Bertz CT molecular complexity index is 923. The highest BCUT2D eigenvalue weighted by Gasteiger charge is 2.30. The van der Waals surface area contributed by atoms with Gasteiger partial charge in [0, 0.05) is 32.0 Å². The molecule has 2 aliphatic rings. The highest BCUT2D eigenvalue weighted by molar-refractivity contribution is 6.01. The Morgan fingerprint density at radius 3 is 2.60 bits per heavy atom. The number of fused-ring (bicyclic) bond motifs is 1. The predicted octanol–water partition coefficient (Wildman–Crippen LogP) is 2.01. The Labute approximate surface area is 176 Å². The molecule has 2 N–H and O–H groups in total. The number of morpholine rings is 1. The fraction of sp³-hybridized carbons (Fsp3) is 0.409. The van der Waals surface area contributed by atoms with Crippen LogP contribution < -0.4 is 15.5 Å². The monoisotopic (exact) mass is 409 g/mol. The molecule has 1 fully saturated rings. The number of nitrogens with zero attached hydrogens (tertiary/aromatic N) is 3. The number of anilines is 2. The van der Waals surface area contributed by atoms with Gasteiger partial charge >= 0.3 is 0 Å². The van der Waals surface area contributed by atoms with Crippen molar-refractivity contribution < 1.29 is 14.3 Å². The van der Waals surface area contributed by atoms with Crippen LogP contribution >= 0.6 is 0 Å². The van der Waals surface area contributed by atoms with Crippen LogP contribution in [0.5, 0.6) is 0 Å². The second kappa shape index (κ2) is 8.41. The first-order chi connectivity index (χ1) is 14.4. The molecule has 2 aromatic rings. The number of carbonyl (C=O) groups excluding carboxylic acids is 2. The number of rotatable bonds is 4. The minimum absolute atomic E-state index is 0.0507. The maximum Gasteiger partial charge on any atom is 0.256 e. The summed E-state index contributed by atoms with van der Waals surface area (Å²) in [5.41, 5.74) is 2.20. The first-order valence-corrected chi connectivity index (χ1v) is 10.2. The summed E-state index contributed by atoms with van der Waals surface area (Å²) in [7, 11) is 1.90. The number of nitrogens with one attached hydrogen (secondary N) is 2. The van der Waals surface area contributed by atoms with Gasteiger partial charge in [0.15, 0.2) is 0 Å². The molecule has 3 atom stereocenters. The number of ether oxygens (including phenoxy) is 1. The fourth-order valence-electron chi connectivity index (χ4n) is 4.15. The van der Waals surface area contributed by atoms with Gasteiger partial charge < -0.3 is 20.3 Å². The van der Waals surface area contributed by atoms with E-state index in [0.717, 1.165) is 24.3 Å². The van der Waals surface area contributed by atoms with Crippen molar-refractivity contribution in [2.75, 3.05) is 36.9 Å². The predicted molar refractivity (Wildman–Crippen MR) is 114 cm³/mol. The summed E-state index contributed by atoms with van der Waals surface area (Å²) < 4.78 is 5.71. The van der Waals surface area contributed by atoms with Gasteiger partial charge in [-0.3, -0.25) is 14.5 Å². The summed E-state index contributed by atoms with van der Waals surface area (Å²) in [6.07, 6.45) is 1.62. The second-order valence-electron chi connectivity index (χ2n) is 7.98. The van der Waals surface area contributed by atoms with Crippen LogP contribution in [-0.2, 0) is 9.53 Å². The highest BCUT2D eigenvalue weighted by atomic mass is 16.5. The summed E-state index contributed by atoms with van der Waals surface area (Å²) in [5.74, 6) is 0.454. The first kappa shape index (κ1) is 20.3. The van der Waals surface area contributed by atoms with Gasteiger partial charge in [-0.2, -0.15) is 0 Å². The summed E-state index contributed by atoms with van der Waals surface area (Å²) >= 11 is 0. The van der Waals surface area contributed by atoms with Crippen molar-refractivity contribution in [1.29, 1.82) is 0 Å². The minimum atomic E-state index is -0.319. The van der Waals surface area contributed by atoms with Gasteiger partial charge in [0.2, 0.25) is 5.91 Å². The molecule has 0 saturated carbocycles. The number of pyridine rings is 1. The average Bonchev–Trinajstić information content (AvgIpc) is 2.70. The molecular weight excluding hydrogens is 382 g/mol. The second-order valence-corrected chi connectivity index (χ2v) is 7.98. The normalized spacial score (nSPS) is 24.2. The third kappa shape index (κ3) is 4.29. The number of benzene rings is 1. The zero-order valence-electron chi connectivity index (χ0n) is 17.5. The molecule has 1 aromatic heterocycles. The standard InChI is InChI=1S/C22H27N5O3/c1-14-11-27(12-15(2)30-14)13-19(28)24-17-8-6-16(7-9-17)20-25-22(29)18-5-4-10-23-21(18)26(20)3/h4-10,14-15,20H,11-13H2,1-3H3,(H,24,28)(H,25,29)/t14-,15-,20-/m1/s1. The van der Waals surface area contributed by atoms with Crippen LogP contribution in [0.3, 0.4) is 0 Å². The lowest BCUT2D eigenvalue weighted by Gasteiger charge is -2.35. The van der Waals surface area contributed by atoms with Crippen molar-refractivity contribution >= 4 is 23.3 Å². The summed E-state index contributed by atoms with van der Waals surface area (Å²) in [5, 5.41) is 5.95. The molecule has 4 rings (SSSR count). The minimum Gasteiger partial charge on any atom is -0.373 e. The van der Waals surface area contributed by atoms with Gasteiger partial charge in [-0.15, -0.1) is 0 Å². The fourth-order valence-corrected chi connectivity index (χ4v) is 4.15. The van der Waals surface area contributed by atoms with Gasteiger partial charge in [0.05, 0.1) is 24.3 Å². The molecule has 1 aromatic carbocycles. The van der Waals surface area contributed by atoms with Gasteiger partial charge in [0.1, 0.15) is 12.0 Å². The van der Waals surface area contributed by atoms with Crippen LogP contribution in [0, 0.1) is 0 Å². The number of aromatic nitrogens is 1. The van der Waals surface area contributed by atoms with Crippen LogP contribution in [0.25, 0.3) is 0 Å². The molecule has 0 unspecified atom stereocenters. The van der Waals surface area contributed by atoms with Crippen LogP contribution in [-0.4, -0.2) is 60.6 Å². The van der Waals surface area contributed by atoms with Crippen molar-refractivity contribution in [3.8, 4) is 0 Å². The molecule has 0 spiro atoms. The Morgan fingerprint density at radius 1 is 1.20 bits per heavy atom. The van der Waals surface area contributed by atoms with E-state index in [1.54, 1.807) is 18.3 Å². The molecule has 0 radical (unpaired) electrons. The molecule has 3 heterocycles. The molecule has 1 saturated heterocycles. The van der Waals surface area contributed by atoms with E-state index in [9.17, 15) is 9.59 Å². The number of hydrogen-bond donors (Lipinski definition) is 2. The molecule has 0 aliphatic carbocycles. The van der Waals surface area contributed by atoms with E-state index in [2.05, 4.69) is 20.5 Å². The van der Waals surface area contributed by atoms with Gasteiger partial charge in [0.25, 0.3) is 5.91 Å². The molecule has 2 aliphatic heterocycles. The van der Waals surface area contributed by atoms with E-state index < -0.39 is 0 Å². The number of carbonyl (C=O) groups is 2. The quantitative estimate of drug-likeness (QED) is 0.803. The van der Waals surface area contributed by atoms with Crippen LogP contribution in [0.4, 0.5) is 11.5 Å². The Hall–Kier alpha value is -2.97. The van der Waals surface area contributed by atoms with Crippen molar-refractivity contribution in [3.05, 3.63) is 53.7 Å². The summed E-state index contributed by atoms with van der Waals surface area (Å²) in [6.45, 7) is 5.88. The SMILES string of the molecule is C[C@@H]1CN(CC(=O)Nc2ccc([C@@H]3NC(=O)c4cccnc4N3C)cc2)C[C@@H](C)O1. The molecule has 30 heavy (non-hydrogen) atoms. The zero-order chi connectivity index (χ0) is 21.3. The lowest BCUT2D eigenvalue weighted by Crippen LogP contribution is -2.48. The average molecular weight is 409 g/mol. The molecule has 8 heteroatoms. The lowest BCUT2D eigenvalue weighted by molar-refractivity contribution is -0.121. The van der Waals surface area contributed by atoms with Crippen molar-refractivity contribution in [3.63, 3.8) is 0 Å². The van der Waals surface area contributed by atoms with E-state index >= 15 is 0 Å². The summed E-state index contributed by atoms with van der Waals surface area (Å²) in [6, 6.07) is 11.0. The van der Waals surface area contributed by atoms with Crippen molar-refractivity contribution in [1.82, 2.24) is 15.2 Å². The number of amides is 2. The smallest absolute Gasteiger partial charge is 0.256 e. The molecule has 0 bridgehead atoms. The summed E-state index contributed by atoms with van der Waals surface area (Å²) in [4.78, 5) is 33.3. The van der Waals surface area contributed by atoms with E-state index in [-0.39, 0.29) is 30.2 Å². The van der Waals surface area contributed by atoms with E-state index in [1.165, 1.54) is 0 Å². The van der Waals surface area contributed by atoms with Gasteiger partial charge in [-0.25, -0.2) is 4.98 Å². The van der Waals surface area contributed by atoms with Crippen LogP contribution in [0.15, 0.2) is 42.6 Å². The maximum absolute atomic E-state index is 12.4. The van der Waals surface area contributed by atoms with E-state index in [1.807, 2.05) is 50.1 Å². The topological polar surface area (TPSA) is 86.8 Å². The maximum atomic E-state index is 12.4. The van der Waals surface area contributed by atoms with E-state index in [4.69, 9.17) is 4.74 Å². The molecular formula is C22H27N5O3. The third-order valence-corrected chi connectivity index (χ3v) is 5.39. The zero-order valence-corrected chi connectivity index (χ0v) is 17.5. The van der Waals surface area contributed by atoms with Crippen molar-refractivity contribution in [2.24, 2.45) is 0 Å². The van der Waals surface area contributed by atoms with Gasteiger partial charge in [-0.05, 0) is 43.7 Å². The molecule has 158 valence electrons. The largest absolute Gasteiger partial charge is 0.373 e. The Balaban J connectivity index is 1.40. The van der Waals surface area contributed by atoms with E-state index in [0.29, 0.717) is 17.9 Å². The number of hydrogen-bond acceptors (Lipinski definition) is 6. The Morgan fingerprint density at radius 2 is 1.90 bits per heavy atom. The van der Waals surface area contributed by atoms with Crippen LogP contribution in [0.1, 0.15) is 35.9 Å². The first-order valence-electron chi connectivity index (χ1n) is 10.2. The highest BCUT2D eigenvalue weighted by Crippen LogP contribution is 2.30.